The largest absolute Gasteiger partial charge is 0.481 e. The number of hydrogen-bond donors (Lipinski definition) is 3. The van der Waals surface area contributed by atoms with Gasteiger partial charge in [0.05, 0.1) is 18.0 Å². The molecule has 0 aliphatic rings. The summed E-state index contributed by atoms with van der Waals surface area (Å²) < 4.78 is 4.97. The molecule has 120 valence electrons. The average Bonchev–Trinajstić information content (AvgIpc) is 2.85. The predicted octanol–water partition coefficient (Wildman–Crippen LogP) is 1.34. The van der Waals surface area contributed by atoms with Crippen molar-refractivity contribution in [2.45, 2.75) is 25.9 Å². The van der Waals surface area contributed by atoms with Crippen LogP contribution in [-0.4, -0.2) is 45.7 Å². The molecule has 0 radical (unpaired) electrons. The topological polar surface area (TPSA) is 107 Å². The van der Waals surface area contributed by atoms with Crippen molar-refractivity contribution in [1.82, 2.24) is 9.88 Å². The smallest absolute Gasteiger partial charge is 0.417 e. The Morgan fingerprint density at radius 1 is 1.41 bits per heavy atom. The molecule has 0 saturated heterocycles. The summed E-state index contributed by atoms with van der Waals surface area (Å²) >= 11 is 0. The third-order valence-corrected chi connectivity index (χ3v) is 3.64. The number of aliphatic carboxylic acids is 1. The Balaban J connectivity index is 1.96. The fourth-order valence-electron chi connectivity index (χ4n) is 2.32. The molecule has 2 aromatic rings. The highest BCUT2D eigenvalue weighted by Gasteiger charge is 2.13. The first kappa shape index (κ1) is 16.3. The number of aromatic nitrogens is 1. The second-order valence-electron chi connectivity index (χ2n) is 5.15. The highest BCUT2D eigenvalue weighted by atomic mass is 16.4. The van der Waals surface area contributed by atoms with E-state index in [1.165, 1.54) is 0 Å². The molecule has 1 aromatic carbocycles. The van der Waals surface area contributed by atoms with Crippen molar-refractivity contribution in [1.29, 1.82) is 0 Å². The van der Waals surface area contributed by atoms with E-state index in [4.69, 9.17) is 9.52 Å². The summed E-state index contributed by atoms with van der Waals surface area (Å²) in [6, 6.07) is 5.08. The quantitative estimate of drug-likeness (QED) is 0.679. The van der Waals surface area contributed by atoms with Gasteiger partial charge in [-0.05, 0) is 30.7 Å². The molecule has 0 aliphatic carbocycles. The molecule has 0 fully saturated rings. The van der Waals surface area contributed by atoms with Crippen molar-refractivity contribution in [3.8, 4) is 0 Å². The molecule has 1 aromatic heterocycles. The maximum Gasteiger partial charge on any atom is 0.417 e. The maximum atomic E-state index is 11.1. The molecule has 7 heteroatoms. The minimum atomic E-state index is -0.827. The Morgan fingerprint density at radius 3 is 2.86 bits per heavy atom. The summed E-state index contributed by atoms with van der Waals surface area (Å²) in [6.45, 7) is 3.74. The van der Waals surface area contributed by atoms with E-state index in [9.17, 15) is 14.7 Å². The number of hydrogen-bond acceptors (Lipinski definition) is 5. The van der Waals surface area contributed by atoms with Crippen LogP contribution in [0.1, 0.15) is 31.4 Å². The Hall–Kier alpha value is -2.12. The van der Waals surface area contributed by atoms with Crippen molar-refractivity contribution >= 4 is 17.1 Å². The van der Waals surface area contributed by atoms with Crippen LogP contribution in [0.4, 0.5) is 0 Å². The lowest BCUT2D eigenvalue weighted by molar-refractivity contribution is -0.137. The number of fused-ring (bicyclic) bond motifs is 1. The van der Waals surface area contributed by atoms with E-state index in [0.717, 1.165) is 6.54 Å². The van der Waals surface area contributed by atoms with E-state index in [0.29, 0.717) is 36.2 Å². The SMILES string of the molecule is CCN(CCC(=O)O)CCC(O)c1ccc2[nH]c(=O)oc2c1. The van der Waals surface area contributed by atoms with Crippen LogP contribution in [-0.2, 0) is 4.79 Å². The summed E-state index contributed by atoms with van der Waals surface area (Å²) in [5, 5.41) is 18.9. The van der Waals surface area contributed by atoms with E-state index >= 15 is 0 Å². The lowest BCUT2D eigenvalue weighted by Gasteiger charge is -2.21. The number of carboxylic acid groups (broad SMARTS) is 1. The number of aliphatic hydroxyl groups is 1. The van der Waals surface area contributed by atoms with E-state index in [1.807, 2.05) is 11.8 Å². The Bertz CT molecular complexity index is 691. The minimum absolute atomic E-state index is 0.0877. The summed E-state index contributed by atoms with van der Waals surface area (Å²) in [5.41, 5.74) is 1.68. The van der Waals surface area contributed by atoms with Gasteiger partial charge in [-0.3, -0.25) is 9.78 Å². The van der Waals surface area contributed by atoms with Crippen LogP contribution in [0.5, 0.6) is 0 Å². The zero-order valence-electron chi connectivity index (χ0n) is 12.4. The van der Waals surface area contributed by atoms with Gasteiger partial charge in [0.2, 0.25) is 0 Å². The average molecular weight is 308 g/mol. The van der Waals surface area contributed by atoms with Gasteiger partial charge in [0.25, 0.3) is 0 Å². The molecular formula is C15H20N2O5. The number of aliphatic hydroxyl groups excluding tert-OH is 1. The molecule has 1 atom stereocenters. The van der Waals surface area contributed by atoms with E-state index < -0.39 is 17.8 Å². The summed E-state index contributed by atoms with van der Waals surface area (Å²) in [5.74, 6) is -1.35. The minimum Gasteiger partial charge on any atom is -0.481 e. The fraction of sp³-hybridized carbons (Fsp3) is 0.467. The Morgan fingerprint density at radius 2 is 2.18 bits per heavy atom. The van der Waals surface area contributed by atoms with E-state index in [2.05, 4.69) is 4.98 Å². The molecule has 0 spiro atoms. The number of carbonyl (C=O) groups is 1. The first-order valence-electron chi connectivity index (χ1n) is 7.24. The van der Waals surface area contributed by atoms with Gasteiger partial charge in [0.15, 0.2) is 5.58 Å². The normalized spacial score (nSPS) is 12.9. The summed E-state index contributed by atoms with van der Waals surface area (Å²) in [6.07, 6.45) is -0.124. The zero-order valence-corrected chi connectivity index (χ0v) is 12.4. The third-order valence-electron chi connectivity index (χ3n) is 3.64. The lowest BCUT2D eigenvalue weighted by atomic mass is 10.1. The first-order chi connectivity index (χ1) is 10.5. The molecule has 0 amide bonds. The first-order valence-corrected chi connectivity index (χ1v) is 7.24. The highest BCUT2D eigenvalue weighted by Crippen LogP contribution is 2.21. The number of benzene rings is 1. The van der Waals surface area contributed by atoms with Crippen molar-refractivity contribution in [2.24, 2.45) is 0 Å². The number of aromatic amines is 1. The van der Waals surface area contributed by atoms with E-state index in [-0.39, 0.29) is 6.42 Å². The van der Waals surface area contributed by atoms with Gasteiger partial charge in [0, 0.05) is 13.1 Å². The van der Waals surface area contributed by atoms with Crippen LogP contribution in [0, 0.1) is 0 Å². The van der Waals surface area contributed by atoms with Crippen molar-refractivity contribution in [3.63, 3.8) is 0 Å². The van der Waals surface area contributed by atoms with Crippen molar-refractivity contribution < 1.29 is 19.4 Å². The zero-order chi connectivity index (χ0) is 16.1. The monoisotopic (exact) mass is 308 g/mol. The predicted molar refractivity (Wildman–Crippen MR) is 80.8 cm³/mol. The van der Waals surface area contributed by atoms with Crippen LogP contribution >= 0.6 is 0 Å². The van der Waals surface area contributed by atoms with Gasteiger partial charge in [-0.1, -0.05) is 13.0 Å². The number of nitrogens with zero attached hydrogens (tertiary/aromatic N) is 1. The second-order valence-corrected chi connectivity index (χ2v) is 5.15. The van der Waals surface area contributed by atoms with Gasteiger partial charge in [0.1, 0.15) is 0 Å². The second kappa shape index (κ2) is 7.24. The van der Waals surface area contributed by atoms with Gasteiger partial charge in [-0.15, -0.1) is 0 Å². The third kappa shape index (κ3) is 4.19. The van der Waals surface area contributed by atoms with Gasteiger partial charge < -0.3 is 19.5 Å². The molecule has 0 aliphatic heterocycles. The maximum absolute atomic E-state index is 11.1. The number of rotatable bonds is 8. The van der Waals surface area contributed by atoms with Crippen LogP contribution in [0.2, 0.25) is 0 Å². The Kier molecular flexibility index (Phi) is 5.35. The molecule has 7 nitrogen and oxygen atoms in total. The number of H-pyrrole nitrogens is 1. The molecular weight excluding hydrogens is 288 g/mol. The van der Waals surface area contributed by atoms with Crippen molar-refractivity contribution in [2.75, 3.05) is 19.6 Å². The Labute approximate surface area is 127 Å². The molecule has 1 heterocycles. The van der Waals surface area contributed by atoms with E-state index in [1.54, 1.807) is 18.2 Å². The van der Waals surface area contributed by atoms with Crippen LogP contribution in [0.3, 0.4) is 0 Å². The summed E-state index contributed by atoms with van der Waals surface area (Å²) in [4.78, 5) is 26.2. The van der Waals surface area contributed by atoms with Gasteiger partial charge in [-0.2, -0.15) is 0 Å². The lowest BCUT2D eigenvalue weighted by Crippen LogP contribution is -2.28. The van der Waals surface area contributed by atoms with Gasteiger partial charge >= 0.3 is 11.7 Å². The molecule has 2 rings (SSSR count). The molecule has 0 saturated carbocycles. The fourth-order valence-corrected chi connectivity index (χ4v) is 2.32. The van der Waals surface area contributed by atoms with Crippen LogP contribution in [0.15, 0.2) is 27.4 Å². The highest BCUT2D eigenvalue weighted by molar-refractivity contribution is 5.72. The van der Waals surface area contributed by atoms with Crippen LogP contribution in [0.25, 0.3) is 11.1 Å². The molecule has 3 N–H and O–H groups in total. The summed E-state index contributed by atoms with van der Waals surface area (Å²) in [7, 11) is 0. The van der Waals surface area contributed by atoms with Crippen LogP contribution < -0.4 is 5.76 Å². The number of nitrogens with one attached hydrogen (secondary N) is 1. The molecule has 1 unspecified atom stereocenters. The standard InChI is InChI=1S/C15H20N2O5/c1-2-17(8-6-14(19)20)7-5-12(18)10-3-4-11-13(9-10)22-15(21)16-11/h3-4,9,12,18H,2,5-8H2,1H3,(H,16,21)(H,19,20). The number of oxazole rings is 1. The van der Waals surface area contributed by atoms with Crippen molar-refractivity contribution in [3.05, 3.63) is 34.3 Å². The number of carboxylic acids is 1. The van der Waals surface area contributed by atoms with Gasteiger partial charge in [-0.25, -0.2) is 4.79 Å². The molecule has 22 heavy (non-hydrogen) atoms. The molecule has 0 bridgehead atoms.